The van der Waals surface area contributed by atoms with Crippen LogP contribution in [-0.2, 0) is 14.3 Å². The van der Waals surface area contributed by atoms with Gasteiger partial charge in [-0.2, -0.15) is 0 Å². The standard InChI is InChI=1S/C35H41F2N3O5/c1-21-9-12-25(13-10-21)40-32(41)16-14-26(34(40)24-11-15-30(43-4)31(17-24)44-5)35(42)38-18-29(33-27(36)7-6-8-28(33)37)39-19-22(2)45-23(3)20-39/h6-13,15,17,22-23,26,29,34H,14,16,18-20H2,1-5H3,(H,38,42). The van der Waals surface area contributed by atoms with Crippen molar-refractivity contribution in [1.29, 1.82) is 0 Å². The zero-order valence-electron chi connectivity index (χ0n) is 26.4. The van der Waals surface area contributed by atoms with Gasteiger partial charge in [-0.3, -0.25) is 14.5 Å². The lowest BCUT2D eigenvalue weighted by atomic mass is 9.83. The molecule has 1 N–H and O–H groups in total. The van der Waals surface area contributed by atoms with Crippen molar-refractivity contribution in [3.05, 3.63) is 89.0 Å². The second-order valence-electron chi connectivity index (χ2n) is 11.9. The van der Waals surface area contributed by atoms with Crippen LogP contribution in [0, 0.1) is 24.5 Å². The summed E-state index contributed by atoms with van der Waals surface area (Å²) >= 11 is 0. The fourth-order valence-corrected chi connectivity index (χ4v) is 6.64. The number of methoxy groups -OCH3 is 2. The Kier molecular flexibility index (Phi) is 10.0. The number of piperidine rings is 1. The summed E-state index contributed by atoms with van der Waals surface area (Å²) in [6.45, 7) is 6.68. The molecule has 10 heteroatoms. The van der Waals surface area contributed by atoms with Gasteiger partial charge in [-0.15, -0.1) is 0 Å². The predicted molar refractivity (Wildman–Crippen MR) is 167 cm³/mol. The average Bonchev–Trinajstić information content (AvgIpc) is 3.01. The van der Waals surface area contributed by atoms with Gasteiger partial charge in [0.05, 0.1) is 44.4 Å². The van der Waals surface area contributed by atoms with Crippen LogP contribution in [0.15, 0.2) is 60.7 Å². The van der Waals surface area contributed by atoms with E-state index in [9.17, 15) is 9.59 Å². The number of aryl methyl sites for hydroxylation is 1. The van der Waals surface area contributed by atoms with Crippen LogP contribution in [0.1, 0.15) is 55.5 Å². The number of hydrogen-bond donors (Lipinski definition) is 1. The number of halogens is 2. The largest absolute Gasteiger partial charge is 0.493 e. The van der Waals surface area contributed by atoms with Crippen LogP contribution in [0.3, 0.4) is 0 Å². The normalized spacial score (nSPS) is 23.0. The van der Waals surface area contributed by atoms with Gasteiger partial charge in [0.1, 0.15) is 11.6 Å². The Morgan fingerprint density at radius 2 is 1.62 bits per heavy atom. The molecule has 3 aromatic rings. The Morgan fingerprint density at radius 3 is 2.24 bits per heavy atom. The Bertz CT molecular complexity index is 1490. The molecule has 3 aromatic carbocycles. The number of nitrogens with one attached hydrogen (secondary N) is 1. The third kappa shape index (κ3) is 6.97. The van der Waals surface area contributed by atoms with E-state index in [0.29, 0.717) is 42.3 Å². The molecule has 8 nitrogen and oxygen atoms in total. The van der Waals surface area contributed by atoms with E-state index in [4.69, 9.17) is 14.2 Å². The maximum absolute atomic E-state index is 15.2. The molecule has 240 valence electrons. The summed E-state index contributed by atoms with van der Waals surface area (Å²) in [4.78, 5) is 31.4. The Hall–Kier alpha value is -4.02. The minimum atomic E-state index is -0.762. The zero-order chi connectivity index (χ0) is 32.2. The lowest BCUT2D eigenvalue weighted by molar-refractivity contribution is -0.129. The molecule has 5 rings (SSSR count). The van der Waals surface area contributed by atoms with E-state index in [1.54, 1.807) is 24.1 Å². The van der Waals surface area contributed by atoms with Gasteiger partial charge in [0.15, 0.2) is 11.5 Å². The van der Waals surface area contributed by atoms with Gasteiger partial charge in [-0.1, -0.05) is 29.8 Å². The summed E-state index contributed by atoms with van der Waals surface area (Å²) in [7, 11) is 3.08. The summed E-state index contributed by atoms with van der Waals surface area (Å²) in [5.41, 5.74) is 2.33. The second kappa shape index (κ2) is 14.0. The highest BCUT2D eigenvalue weighted by atomic mass is 19.1. The summed E-state index contributed by atoms with van der Waals surface area (Å²) in [5, 5.41) is 3.03. The molecule has 2 aliphatic rings. The molecule has 5 unspecified atom stereocenters. The maximum Gasteiger partial charge on any atom is 0.227 e. The van der Waals surface area contributed by atoms with Crippen molar-refractivity contribution in [2.75, 3.05) is 38.8 Å². The van der Waals surface area contributed by atoms with Gasteiger partial charge in [0.25, 0.3) is 0 Å². The molecular formula is C35H41F2N3O5. The number of anilines is 1. The molecule has 0 aliphatic carbocycles. The van der Waals surface area contributed by atoms with Crippen molar-refractivity contribution in [1.82, 2.24) is 10.2 Å². The van der Waals surface area contributed by atoms with Crippen LogP contribution < -0.4 is 19.7 Å². The van der Waals surface area contributed by atoms with Crippen molar-refractivity contribution in [2.45, 2.75) is 57.9 Å². The van der Waals surface area contributed by atoms with E-state index in [0.717, 1.165) is 5.56 Å². The molecule has 0 radical (unpaired) electrons. The fourth-order valence-electron chi connectivity index (χ4n) is 6.64. The van der Waals surface area contributed by atoms with Crippen LogP contribution in [0.2, 0.25) is 0 Å². The first-order valence-corrected chi connectivity index (χ1v) is 15.3. The Labute approximate surface area is 263 Å². The highest BCUT2D eigenvalue weighted by Gasteiger charge is 2.42. The van der Waals surface area contributed by atoms with Gasteiger partial charge in [-0.25, -0.2) is 8.78 Å². The summed E-state index contributed by atoms with van der Waals surface area (Å²) in [5.74, 6) is -1.41. The second-order valence-corrected chi connectivity index (χ2v) is 11.9. The number of morpholine rings is 1. The molecule has 5 atom stereocenters. The molecule has 0 aromatic heterocycles. The maximum atomic E-state index is 15.2. The number of hydrogen-bond acceptors (Lipinski definition) is 6. The first-order valence-electron chi connectivity index (χ1n) is 15.3. The van der Waals surface area contributed by atoms with Gasteiger partial charge < -0.3 is 24.4 Å². The van der Waals surface area contributed by atoms with Crippen LogP contribution >= 0.6 is 0 Å². The van der Waals surface area contributed by atoms with Crippen molar-refractivity contribution < 1.29 is 32.6 Å². The predicted octanol–water partition coefficient (Wildman–Crippen LogP) is 5.74. The van der Waals surface area contributed by atoms with Gasteiger partial charge in [0, 0.05) is 37.3 Å². The highest BCUT2D eigenvalue weighted by molar-refractivity contribution is 5.97. The molecule has 0 spiro atoms. The summed E-state index contributed by atoms with van der Waals surface area (Å²) in [6.07, 6.45) is 0.169. The van der Waals surface area contributed by atoms with Crippen LogP contribution in [0.4, 0.5) is 14.5 Å². The van der Waals surface area contributed by atoms with Crippen LogP contribution in [0.5, 0.6) is 11.5 Å². The van der Waals surface area contributed by atoms with E-state index >= 15 is 8.78 Å². The number of ether oxygens (including phenoxy) is 3. The molecule has 0 bridgehead atoms. The first kappa shape index (κ1) is 32.4. The van der Waals surface area contributed by atoms with Gasteiger partial charge in [0.2, 0.25) is 11.8 Å². The molecule has 2 fully saturated rings. The first-order chi connectivity index (χ1) is 21.6. The van der Waals surface area contributed by atoms with Gasteiger partial charge >= 0.3 is 0 Å². The lowest BCUT2D eigenvalue weighted by Gasteiger charge is -2.42. The monoisotopic (exact) mass is 621 g/mol. The molecule has 2 aliphatic heterocycles. The number of nitrogens with zero attached hydrogens (tertiary/aromatic N) is 2. The third-order valence-electron chi connectivity index (χ3n) is 8.69. The minimum absolute atomic E-state index is 0.0240. The number of benzene rings is 3. The molecule has 45 heavy (non-hydrogen) atoms. The number of carbonyl (C=O) groups is 2. The lowest BCUT2D eigenvalue weighted by Crippen LogP contribution is -2.52. The van der Waals surface area contributed by atoms with Crippen LogP contribution in [0.25, 0.3) is 0 Å². The van der Waals surface area contributed by atoms with E-state index in [1.807, 2.05) is 56.0 Å². The van der Waals surface area contributed by atoms with Crippen LogP contribution in [-0.4, -0.2) is 62.8 Å². The average molecular weight is 622 g/mol. The smallest absolute Gasteiger partial charge is 0.227 e. The SMILES string of the molecule is COc1ccc(C2C(C(=O)NCC(c3c(F)cccc3F)N3CC(C)OC(C)C3)CCC(=O)N2c2ccc(C)cc2)cc1OC. The Morgan fingerprint density at radius 1 is 0.978 bits per heavy atom. The molecule has 2 saturated heterocycles. The molecule has 2 heterocycles. The van der Waals surface area contributed by atoms with Crippen molar-refractivity contribution in [3.8, 4) is 11.5 Å². The topological polar surface area (TPSA) is 80.3 Å². The number of amides is 2. The van der Waals surface area contributed by atoms with Crippen molar-refractivity contribution in [3.63, 3.8) is 0 Å². The summed E-state index contributed by atoms with van der Waals surface area (Å²) in [6, 6.07) is 15.4. The van der Waals surface area contributed by atoms with Crippen molar-refractivity contribution in [2.24, 2.45) is 5.92 Å². The Balaban J connectivity index is 1.50. The highest BCUT2D eigenvalue weighted by Crippen LogP contribution is 2.42. The molecular weight excluding hydrogens is 580 g/mol. The zero-order valence-corrected chi connectivity index (χ0v) is 26.4. The minimum Gasteiger partial charge on any atom is -0.493 e. The van der Waals surface area contributed by atoms with E-state index < -0.39 is 29.6 Å². The number of carbonyl (C=O) groups excluding carboxylic acids is 2. The van der Waals surface area contributed by atoms with Gasteiger partial charge in [-0.05, 0) is 69.2 Å². The quantitative estimate of drug-likeness (QED) is 0.328. The third-order valence-corrected chi connectivity index (χ3v) is 8.69. The number of rotatable bonds is 9. The van der Waals surface area contributed by atoms with Crippen molar-refractivity contribution >= 4 is 17.5 Å². The fraction of sp³-hybridized carbons (Fsp3) is 0.429. The van der Waals surface area contributed by atoms with E-state index in [1.165, 1.54) is 25.3 Å². The van der Waals surface area contributed by atoms with E-state index in [2.05, 4.69) is 5.32 Å². The van der Waals surface area contributed by atoms with E-state index in [-0.39, 0.29) is 42.6 Å². The summed E-state index contributed by atoms with van der Waals surface area (Å²) < 4.78 is 47.2. The molecule has 2 amide bonds. The molecule has 0 saturated carbocycles.